The summed E-state index contributed by atoms with van der Waals surface area (Å²) in [6.07, 6.45) is 1.46. The predicted octanol–water partition coefficient (Wildman–Crippen LogP) is 0.863. The fraction of sp³-hybridized carbons (Fsp3) is 0.462. The Labute approximate surface area is 112 Å². The normalized spacial score (nSPS) is 10.3. The molecule has 6 nitrogen and oxygen atoms in total. The number of ether oxygens (including phenoxy) is 2. The number of nitrogens with zero attached hydrogens (tertiary/aromatic N) is 2. The first-order valence-corrected chi connectivity index (χ1v) is 5.94. The van der Waals surface area contributed by atoms with Gasteiger partial charge in [0.1, 0.15) is 0 Å². The van der Waals surface area contributed by atoms with Crippen molar-refractivity contribution in [2.45, 2.75) is 13.5 Å². The summed E-state index contributed by atoms with van der Waals surface area (Å²) < 4.78 is 9.44. The molecule has 19 heavy (non-hydrogen) atoms. The molecule has 0 spiro atoms. The number of likely N-dealkylation sites (N-methyl/N-ethyl adjacent to an activating group) is 1. The van der Waals surface area contributed by atoms with Crippen LogP contribution in [0.2, 0.25) is 0 Å². The Morgan fingerprint density at radius 2 is 2.11 bits per heavy atom. The number of methoxy groups -OCH3 is 1. The number of carbonyl (C=O) groups excluding carboxylic acids is 2. The van der Waals surface area contributed by atoms with Crippen LogP contribution in [0.1, 0.15) is 23.0 Å². The lowest BCUT2D eigenvalue weighted by atomic mass is 10.2. The van der Waals surface area contributed by atoms with Gasteiger partial charge in [0.05, 0.1) is 31.5 Å². The van der Waals surface area contributed by atoms with E-state index in [1.54, 1.807) is 31.0 Å². The number of hydrogen-bond acceptors (Lipinski definition) is 6. The SMILES string of the molecule is CCOC(=O)CN(C)Cc1ccc(C(=O)OC)cn1. The third-order valence-electron chi connectivity index (χ3n) is 2.38. The molecule has 0 aliphatic heterocycles. The maximum absolute atomic E-state index is 11.3. The number of hydrogen-bond donors (Lipinski definition) is 0. The van der Waals surface area contributed by atoms with Crippen LogP contribution < -0.4 is 0 Å². The van der Waals surface area contributed by atoms with Crippen molar-refractivity contribution in [2.75, 3.05) is 27.3 Å². The fourth-order valence-corrected chi connectivity index (χ4v) is 1.52. The van der Waals surface area contributed by atoms with Crippen LogP contribution >= 0.6 is 0 Å². The first-order chi connectivity index (χ1) is 9.06. The first-order valence-electron chi connectivity index (χ1n) is 5.94. The second kappa shape index (κ2) is 7.48. The molecule has 0 saturated carbocycles. The Morgan fingerprint density at radius 1 is 1.37 bits per heavy atom. The van der Waals surface area contributed by atoms with Crippen LogP contribution in [0, 0.1) is 0 Å². The Morgan fingerprint density at radius 3 is 2.63 bits per heavy atom. The first kappa shape index (κ1) is 15.1. The van der Waals surface area contributed by atoms with E-state index < -0.39 is 5.97 Å². The van der Waals surface area contributed by atoms with Crippen LogP contribution in [-0.4, -0.2) is 49.1 Å². The summed E-state index contributed by atoms with van der Waals surface area (Å²) in [4.78, 5) is 28.4. The molecule has 0 aromatic carbocycles. The van der Waals surface area contributed by atoms with E-state index in [-0.39, 0.29) is 12.5 Å². The second-order valence-electron chi connectivity index (χ2n) is 4.01. The smallest absolute Gasteiger partial charge is 0.339 e. The molecule has 0 saturated heterocycles. The molecule has 1 heterocycles. The van der Waals surface area contributed by atoms with Crippen LogP contribution in [0.3, 0.4) is 0 Å². The van der Waals surface area contributed by atoms with Crippen LogP contribution in [0.5, 0.6) is 0 Å². The summed E-state index contributed by atoms with van der Waals surface area (Å²) >= 11 is 0. The lowest BCUT2D eigenvalue weighted by molar-refractivity contribution is -0.144. The van der Waals surface area contributed by atoms with Gasteiger partial charge in [-0.15, -0.1) is 0 Å². The molecule has 0 radical (unpaired) electrons. The van der Waals surface area contributed by atoms with Crippen molar-refractivity contribution in [1.82, 2.24) is 9.88 Å². The van der Waals surface area contributed by atoms with Gasteiger partial charge in [0.15, 0.2) is 0 Å². The summed E-state index contributed by atoms with van der Waals surface area (Å²) in [5.41, 5.74) is 1.17. The molecule has 0 amide bonds. The zero-order valence-electron chi connectivity index (χ0n) is 11.4. The maximum atomic E-state index is 11.3. The number of carbonyl (C=O) groups is 2. The predicted molar refractivity (Wildman–Crippen MR) is 68.5 cm³/mol. The topological polar surface area (TPSA) is 68.7 Å². The highest BCUT2D eigenvalue weighted by atomic mass is 16.5. The average molecular weight is 266 g/mol. The molecule has 1 rings (SSSR count). The molecule has 6 heteroatoms. The summed E-state index contributed by atoms with van der Waals surface area (Å²) in [7, 11) is 3.12. The van der Waals surface area contributed by atoms with E-state index in [1.165, 1.54) is 13.3 Å². The van der Waals surface area contributed by atoms with Crippen molar-refractivity contribution in [3.63, 3.8) is 0 Å². The largest absolute Gasteiger partial charge is 0.465 e. The highest BCUT2D eigenvalue weighted by Gasteiger charge is 2.09. The van der Waals surface area contributed by atoms with Gasteiger partial charge in [0.2, 0.25) is 0 Å². The van der Waals surface area contributed by atoms with Crippen molar-refractivity contribution in [1.29, 1.82) is 0 Å². The molecule has 104 valence electrons. The number of aromatic nitrogens is 1. The monoisotopic (exact) mass is 266 g/mol. The van der Waals surface area contributed by atoms with Crippen LogP contribution in [-0.2, 0) is 20.8 Å². The second-order valence-corrected chi connectivity index (χ2v) is 4.01. The van der Waals surface area contributed by atoms with Crippen molar-refractivity contribution in [3.8, 4) is 0 Å². The average Bonchev–Trinajstić information content (AvgIpc) is 2.38. The van der Waals surface area contributed by atoms with E-state index in [1.807, 2.05) is 0 Å². The molecular formula is C13H18N2O4. The van der Waals surface area contributed by atoms with Gasteiger partial charge in [0, 0.05) is 12.7 Å². The van der Waals surface area contributed by atoms with Gasteiger partial charge < -0.3 is 9.47 Å². The fourth-order valence-electron chi connectivity index (χ4n) is 1.52. The number of esters is 2. The molecule has 0 aliphatic rings. The number of rotatable bonds is 6. The van der Waals surface area contributed by atoms with Gasteiger partial charge >= 0.3 is 11.9 Å². The van der Waals surface area contributed by atoms with Gasteiger partial charge in [-0.2, -0.15) is 0 Å². The van der Waals surface area contributed by atoms with Crippen LogP contribution in [0.4, 0.5) is 0 Å². The van der Waals surface area contributed by atoms with Crippen molar-refractivity contribution >= 4 is 11.9 Å². The summed E-state index contributed by atoms with van der Waals surface area (Å²) in [6, 6.07) is 3.38. The molecule has 0 unspecified atom stereocenters. The summed E-state index contributed by atoms with van der Waals surface area (Å²) in [5, 5.41) is 0. The van der Waals surface area contributed by atoms with Crippen molar-refractivity contribution in [2.24, 2.45) is 0 Å². The van der Waals surface area contributed by atoms with Gasteiger partial charge in [-0.1, -0.05) is 0 Å². The zero-order valence-corrected chi connectivity index (χ0v) is 11.4. The third kappa shape index (κ3) is 5.05. The minimum absolute atomic E-state index is 0.203. The number of pyridine rings is 1. The standard InChI is InChI=1S/C13H18N2O4/c1-4-19-12(16)9-15(2)8-11-6-5-10(7-14-11)13(17)18-3/h5-7H,4,8-9H2,1-3H3. The molecule has 0 aliphatic carbocycles. The van der Waals surface area contributed by atoms with Gasteiger partial charge in [-0.25, -0.2) is 4.79 Å². The van der Waals surface area contributed by atoms with E-state index in [9.17, 15) is 9.59 Å². The zero-order chi connectivity index (χ0) is 14.3. The van der Waals surface area contributed by atoms with E-state index in [0.29, 0.717) is 18.7 Å². The van der Waals surface area contributed by atoms with E-state index in [2.05, 4.69) is 9.72 Å². The molecule has 1 aromatic rings. The summed E-state index contributed by atoms with van der Waals surface area (Å²) in [6.45, 7) is 2.85. The molecule has 0 fully saturated rings. The molecule has 0 N–H and O–H groups in total. The minimum Gasteiger partial charge on any atom is -0.465 e. The Kier molecular flexibility index (Phi) is 5.95. The minimum atomic E-state index is -0.418. The van der Waals surface area contributed by atoms with Crippen LogP contribution in [0.25, 0.3) is 0 Å². The molecule has 0 bridgehead atoms. The van der Waals surface area contributed by atoms with Crippen LogP contribution in [0.15, 0.2) is 18.3 Å². The van der Waals surface area contributed by atoms with Crippen molar-refractivity contribution in [3.05, 3.63) is 29.6 Å². The molecule has 0 atom stereocenters. The highest BCUT2D eigenvalue weighted by molar-refractivity contribution is 5.88. The van der Waals surface area contributed by atoms with Crippen molar-refractivity contribution < 1.29 is 19.1 Å². The Bertz CT molecular complexity index is 431. The third-order valence-corrected chi connectivity index (χ3v) is 2.38. The molecular weight excluding hydrogens is 248 g/mol. The molecule has 1 aromatic heterocycles. The summed E-state index contributed by atoms with van der Waals surface area (Å²) in [5.74, 6) is -0.685. The van der Waals surface area contributed by atoms with E-state index in [0.717, 1.165) is 5.69 Å². The lowest BCUT2D eigenvalue weighted by Gasteiger charge is -2.14. The Balaban J connectivity index is 2.53. The van der Waals surface area contributed by atoms with Gasteiger partial charge in [-0.05, 0) is 26.1 Å². The van der Waals surface area contributed by atoms with Gasteiger partial charge in [-0.3, -0.25) is 14.7 Å². The highest BCUT2D eigenvalue weighted by Crippen LogP contribution is 2.04. The lowest BCUT2D eigenvalue weighted by Crippen LogP contribution is -2.27. The van der Waals surface area contributed by atoms with E-state index >= 15 is 0 Å². The Hall–Kier alpha value is -1.95. The maximum Gasteiger partial charge on any atom is 0.339 e. The van der Waals surface area contributed by atoms with Gasteiger partial charge in [0.25, 0.3) is 0 Å². The quantitative estimate of drug-likeness (QED) is 0.711. The van der Waals surface area contributed by atoms with E-state index in [4.69, 9.17) is 4.74 Å².